The summed E-state index contributed by atoms with van der Waals surface area (Å²) in [5.41, 5.74) is 0. The second-order valence-corrected chi connectivity index (χ2v) is 6.29. The summed E-state index contributed by atoms with van der Waals surface area (Å²) in [5.74, 6) is -2.51. The summed E-state index contributed by atoms with van der Waals surface area (Å²) >= 11 is 0. The molecule has 0 saturated carbocycles. The first-order chi connectivity index (χ1) is 9.00. The standard InChI is InChI=1S/C12H16F2N2O2S.ClH/c13-10-5-3-6-11(12(10)14)19(17,18)16-8-9-4-1-2-7-15-9;/h3,5-6,9,15-16H,1-2,4,7-8H2;1H. The quantitative estimate of drug-likeness (QED) is 0.887. The Labute approximate surface area is 123 Å². The molecule has 2 rings (SSSR count). The van der Waals surface area contributed by atoms with Crippen LogP contribution in [0.2, 0.25) is 0 Å². The minimum atomic E-state index is -4.02. The van der Waals surface area contributed by atoms with Gasteiger partial charge in [-0.15, -0.1) is 12.4 Å². The van der Waals surface area contributed by atoms with E-state index >= 15 is 0 Å². The average Bonchev–Trinajstić information content (AvgIpc) is 2.41. The zero-order valence-corrected chi connectivity index (χ0v) is 12.4. The van der Waals surface area contributed by atoms with Gasteiger partial charge in [0.25, 0.3) is 0 Å². The van der Waals surface area contributed by atoms with Gasteiger partial charge in [0.15, 0.2) is 11.6 Å². The maximum absolute atomic E-state index is 13.5. The highest BCUT2D eigenvalue weighted by Gasteiger charge is 2.23. The van der Waals surface area contributed by atoms with Crippen LogP contribution < -0.4 is 10.0 Å². The molecule has 0 aromatic heterocycles. The first-order valence-corrected chi connectivity index (χ1v) is 7.66. The highest BCUT2D eigenvalue weighted by Crippen LogP contribution is 2.17. The number of nitrogens with one attached hydrogen (secondary N) is 2. The third-order valence-electron chi connectivity index (χ3n) is 3.14. The van der Waals surface area contributed by atoms with Crippen LogP contribution in [-0.4, -0.2) is 27.5 Å². The van der Waals surface area contributed by atoms with Gasteiger partial charge in [-0.05, 0) is 31.5 Å². The van der Waals surface area contributed by atoms with Crippen LogP contribution >= 0.6 is 12.4 Å². The van der Waals surface area contributed by atoms with Crippen LogP contribution in [-0.2, 0) is 10.0 Å². The lowest BCUT2D eigenvalue weighted by atomic mass is 10.1. The number of halogens is 3. The van der Waals surface area contributed by atoms with E-state index in [1.165, 1.54) is 6.07 Å². The SMILES string of the molecule is Cl.O=S(=O)(NCC1CCCCN1)c1cccc(F)c1F. The van der Waals surface area contributed by atoms with Crippen molar-refractivity contribution in [3.8, 4) is 0 Å². The fourth-order valence-corrected chi connectivity index (χ4v) is 3.25. The van der Waals surface area contributed by atoms with E-state index in [0.717, 1.165) is 37.9 Å². The van der Waals surface area contributed by atoms with Gasteiger partial charge in [0, 0.05) is 12.6 Å². The lowest BCUT2D eigenvalue weighted by Crippen LogP contribution is -2.43. The number of hydrogen-bond acceptors (Lipinski definition) is 3. The maximum atomic E-state index is 13.5. The van der Waals surface area contributed by atoms with Crippen molar-refractivity contribution < 1.29 is 17.2 Å². The molecule has 1 atom stereocenters. The fraction of sp³-hybridized carbons (Fsp3) is 0.500. The van der Waals surface area contributed by atoms with Crippen LogP contribution in [0.25, 0.3) is 0 Å². The third-order valence-corrected chi connectivity index (χ3v) is 4.58. The molecule has 1 aromatic rings. The number of rotatable bonds is 4. The van der Waals surface area contributed by atoms with Gasteiger partial charge in [0.1, 0.15) is 4.90 Å². The van der Waals surface area contributed by atoms with Crippen molar-refractivity contribution in [3.05, 3.63) is 29.8 Å². The Morgan fingerprint density at radius 1 is 1.30 bits per heavy atom. The Bertz CT molecular complexity index is 548. The normalized spacial score (nSPS) is 19.4. The zero-order chi connectivity index (χ0) is 13.9. The summed E-state index contributed by atoms with van der Waals surface area (Å²) in [5, 5.41) is 3.17. The van der Waals surface area contributed by atoms with Crippen LogP contribution in [0.4, 0.5) is 8.78 Å². The van der Waals surface area contributed by atoms with Gasteiger partial charge in [0.05, 0.1) is 0 Å². The van der Waals surface area contributed by atoms with Gasteiger partial charge in [0.2, 0.25) is 10.0 Å². The number of piperidine rings is 1. The van der Waals surface area contributed by atoms with Crippen molar-refractivity contribution >= 4 is 22.4 Å². The van der Waals surface area contributed by atoms with Gasteiger partial charge in [-0.3, -0.25) is 0 Å². The zero-order valence-electron chi connectivity index (χ0n) is 10.7. The van der Waals surface area contributed by atoms with E-state index in [-0.39, 0.29) is 25.0 Å². The molecule has 114 valence electrons. The fourth-order valence-electron chi connectivity index (χ4n) is 2.08. The highest BCUT2D eigenvalue weighted by atomic mass is 35.5. The summed E-state index contributed by atoms with van der Waals surface area (Å²) in [4.78, 5) is -0.650. The van der Waals surface area contributed by atoms with Crippen LogP contribution in [0, 0.1) is 11.6 Å². The molecule has 8 heteroatoms. The van der Waals surface area contributed by atoms with Gasteiger partial charge >= 0.3 is 0 Å². The van der Waals surface area contributed by atoms with Crippen molar-refractivity contribution in [1.82, 2.24) is 10.0 Å². The lowest BCUT2D eigenvalue weighted by molar-refractivity contribution is 0.397. The summed E-state index contributed by atoms with van der Waals surface area (Å²) in [7, 11) is -4.02. The van der Waals surface area contributed by atoms with E-state index in [9.17, 15) is 17.2 Å². The Balaban J connectivity index is 0.00000200. The Kier molecular flexibility index (Phi) is 6.32. The summed E-state index contributed by atoms with van der Waals surface area (Å²) in [6.45, 7) is 1.03. The molecule has 2 N–H and O–H groups in total. The molecule has 20 heavy (non-hydrogen) atoms. The van der Waals surface area contributed by atoms with Crippen LogP contribution in [0.5, 0.6) is 0 Å². The molecular weight excluding hydrogens is 310 g/mol. The molecule has 0 amide bonds. The monoisotopic (exact) mass is 326 g/mol. The largest absolute Gasteiger partial charge is 0.313 e. The Hall–Kier alpha value is -0.760. The van der Waals surface area contributed by atoms with E-state index in [1.54, 1.807) is 0 Å². The minimum Gasteiger partial charge on any atom is -0.313 e. The third kappa shape index (κ3) is 4.12. The predicted molar refractivity (Wildman–Crippen MR) is 74.4 cm³/mol. The number of hydrogen-bond donors (Lipinski definition) is 2. The molecule has 1 saturated heterocycles. The minimum absolute atomic E-state index is 0. The highest BCUT2D eigenvalue weighted by molar-refractivity contribution is 7.89. The van der Waals surface area contributed by atoms with E-state index in [2.05, 4.69) is 10.0 Å². The summed E-state index contributed by atoms with van der Waals surface area (Å²) in [6, 6.07) is 3.15. The van der Waals surface area contributed by atoms with Gasteiger partial charge < -0.3 is 5.32 Å². The summed E-state index contributed by atoms with van der Waals surface area (Å²) < 4.78 is 52.6. The Morgan fingerprint density at radius 2 is 2.05 bits per heavy atom. The molecule has 1 aromatic carbocycles. The van der Waals surface area contributed by atoms with E-state index in [4.69, 9.17) is 0 Å². The maximum Gasteiger partial charge on any atom is 0.243 e. The molecule has 1 heterocycles. The second kappa shape index (κ2) is 7.31. The van der Waals surface area contributed by atoms with Gasteiger partial charge in [-0.25, -0.2) is 21.9 Å². The number of sulfonamides is 1. The topological polar surface area (TPSA) is 58.2 Å². The number of benzene rings is 1. The Morgan fingerprint density at radius 3 is 2.70 bits per heavy atom. The van der Waals surface area contributed by atoms with Crippen molar-refractivity contribution in [3.63, 3.8) is 0 Å². The van der Waals surface area contributed by atoms with Crippen molar-refractivity contribution in [2.45, 2.75) is 30.2 Å². The molecule has 4 nitrogen and oxygen atoms in total. The average molecular weight is 327 g/mol. The lowest BCUT2D eigenvalue weighted by Gasteiger charge is -2.23. The van der Waals surface area contributed by atoms with Crippen LogP contribution in [0.15, 0.2) is 23.1 Å². The van der Waals surface area contributed by atoms with E-state index in [0.29, 0.717) is 0 Å². The predicted octanol–water partition coefficient (Wildman–Crippen LogP) is 1.81. The first-order valence-electron chi connectivity index (χ1n) is 6.18. The van der Waals surface area contributed by atoms with E-state index in [1.807, 2.05) is 0 Å². The van der Waals surface area contributed by atoms with E-state index < -0.39 is 26.6 Å². The molecule has 0 aliphatic carbocycles. The smallest absolute Gasteiger partial charge is 0.243 e. The van der Waals surface area contributed by atoms with Crippen LogP contribution in [0.1, 0.15) is 19.3 Å². The molecule has 0 spiro atoms. The second-order valence-electron chi connectivity index (χ2n) is 4.55. The molecule has 1 aliphatic rings. The molecule has 1 fully saturated rings. The molecule has 1 aliphatic heterocycles. The summed E-state index contributed by atoms with van der Waals surface area (Å²) in [6.07, 6.45) is 2.98. The first kappa shape index (κ1) is 17.3. The van der Waals surface area contributed by atoms with Crippen molar-refractivity contribution in [2.75, 3.05) is 13.1 Å². The van der Waals surface area contributed by atoms with Crippen molar-refractivity contribution in [1.29, 1.82) is 0 Å². The van der Waals surface area contributed by atoms with Gasteiger partial charge in [-0.1, -0.05) is 12.5 Å². The molecule has 0 bridgehead atoms. The molecule has 0 radical (unpaired) electrons. The van der Waals surface area contributed by atoms with Gasteiger partial charge in [-0.2, -0.15) is 0 Å². The molecule has 1 unspecified atom stereocenters. The van der Waals surface area contributed by atoms with Crippen LogP contribution in [0.3, 0.4) is 0 Å². The van der Waals surface area contributed by atoms with Crippen molar-refractivity contribution in [2.24, 2.45) is 0 Å². The molecular formula is C12H17ClF2N2O2S.